The fraction of sp³-hybridized carbons (Fsp3) is 0.250. The van der Waals surface area contributed by atoms with Gasteiger partial charge in [0.15, 0.2) is 5.15 Å². The van der Waals surface area contributed by atoms with E-state index in [0.29, 0.717) is 22.4 Å². The van der Waals surface area contributed by atoms with E-state index >= 15 is 0 Å². The first kappa shape index (κ1) is 11.4. The summed E-state index contributed by atoms with van der Waals surface area (Å²) in [4.78, 5) is 0. The Balaban J connectivity index is 2.32. The van der Waals surface area contributed by atoms with E-state index in [1.807, 2.05) is 0 Å². The van der Waals surface area contributed by atoms with E-state index in [1.54, 1.807) is 12.1 Å². The SMILES string of the molecule is FC(F)=CCCSc1ccc(Cl)nn1. The van der Waals surface area contributed by atoms with Gasteiger partial charge in [-0.15, -0.1) is 22.0 Å². The van der Waals surface area contributed by atoms with Crippen LogP contribution in [0.15, 0.2) is 29.3 Å². The van der Waals surface area contributed by atoms with Crippen LogP contribution in [0.25, 0.3) is 0 Å². The number of hydrogen-bond donors (Lipinski definition) is 0. The monoisotopic (exact) mass is 236 g/mol. The molecule has 0 spiro atoms. The minimum Gasteiger partial charge on any atom is -0.174 e. The highest BCUT2D eigenvalue weighted by Crippen LogP contribution is 2.16. The third kappa shape index (κ3) is 4.53. The molecule has 1 aromatic rings. The molecule has 0 aliphatic carbocycles. The number of aromatic nitrogens is 2. The molecular weight excluding hydrogens is 230 g/mol. The average molecular weight is 237 g/mol. The Morgan fingerprint density at radius 1 is 1.43 bits per heavy atom. The molecule has 0 aliphatic rings. The van der Waals surface area contributed by atoms with Gasteiger partial charge in [-0.3, -0.25) is 0 Å². The normalized spacial score (nSPS) is 9.93. The molecule has 6 heteroatoms. The second-order valence-electron chi connectivity index (χ2n) is 2.33. The number of allylic oxidation sites excluding steroid dienone is 1. The highest BCUT2D eigenvalue weighted by Gasteiger charge is 1.96. The van der Waals surface area contributed by atoms with Crippen LogP contribution in [0.1, 0.15) is 6.42 Å². The maximum Gasteiger partial charge on any atom is 0.266 e. The lowest BCUT2D eigenvalue weighted by molar-refractivity contribution is 0.418. The van der Waals surface area contributed by atoms with Crippen molar-refractivity contribution in [1.82, 2.24) is 10.2 Å². The zero-order valence-corrected chi connectivity index (χ0v) is 8.66. The molecule has 0 amide bonds. The summed E-state index contributed by atoms with van der Waals surface area (Å²) in [5, 5.41) is 8.40. The molecule has 1 rings (SSSR count). The van der Waals surface area contributed by atoms with Gasteiger partial charge < -0.3 is 0 Å². The predicted octanol–water partition coefficient (Wildman–Crippen LogP) is 3.39. The second kappa shape index (κ2) is 5.93. The summed E-state index contributed by atoms with van der Waals surface area (Å²) in [7, 11) is 0. The van der Waals surface area contributed by atoms with Gasteiger partial charge in [0, 0.05) is 5.75 Å². The van der Waals surface area contributed by atoms with Crippen LogP contribution in [0.5, 0.6) is 0 Å². The summed E-state index contributed by atoms with van der Waals surface area (Å²) in [6.07, 6.45) is -0.444. The largest absolute Gasteiger partial charge is 0.266 e. The van der Waals surface area contributed by atoms with Crippen LogP contribution in [0.4, 0.5) is 8.78 Å². The second-order valence-corrected chi connectivity index (χ2v) is 3.83. The molecule has 0 bridgehead atoms. The number of halogens is 3. The maximum absolute atomic E-state index is 11.6. The molecule has 2 nitrogen and oxygen atoms in total. The minimum atomic E-state index is -1.65. The molecule has 14 heavy (non-hydrogen) atoms. The summed E-state index contributed by atoms with van der Waals surface area (Å²) in [5.74, 6) is 0.549. The van der Waals surface area contributed by atoms with Crippen molar-refractivity contribution in [3.8, 4) is 0 Å². The lowest BCUT2D eigenvalue weighted by Crippen LogP contribution is -1.85. The van der Waals surface area contributed by atoms with Crippen molar-refractivity contribution in [2.24, 2.45) is 0 Å². The quantitative estimate of drug-likeness (QED) is 0.592. The van der Waals surface area contributed by atoms with E-state index in [4.69, 9.17) is 11.6 Å². The van der Waals surface area contributed by atoms with Gasteiger partial charge in [0.2, 0.25) is 0 Å². The Hall–Kier alpha value is -0.680. The first-order valence-electron chi connectivity index (χ1n) is 3.81. The van der Waals surface area contributed by atoms with Crippen molar-refractivity contribution >= 4 is 23.4 Å². The van der Waals surface area contributed by atoms with Crippen molar-refractivity contribution in [2.45, 2.75) is 11.4 Å². The Morgan fingerprint density at radius 3 is 2.79 bits per heavy atom. The Bertz CT molecular complexity index is 312. The van der Waals surface area contributed by atoms with Crippen LogP contribution in [0, 0.1) is 0 Å². The zero-order valence-electron chi connectivity index (χ0n) is 7.08. The predicted molar refractivity (Wildman–Crippen MR) is 52.7 cm³/mol. The van der Waals surface area contributed by atoms with Gasteiger partial charge in [0.1, 0.15) is 5.03 Å². The van der Waals surface area contributed by atoms with Crippen LogP contribution >= 0.6 is 23.4 Å². The van der Waals surface area contributed by atoms with E-state index in [2.05, 4.69) is 10.2 Å². The lowest BCUT2D eigenvalue weighted by atomic mass is 10.5. The van der Waals surface area contributed by atoms with Crippen molar-refractivity contribution in [2.75, 3.05) is 5.75 Å². The molecule has 0 saturated carbocycles. The highest BCUT2D eigenvalue weighted by molar-refractivity contribution is 7.99. The summed E-state index contributed by atoms with van der Waals surface area (Å²) in [6.45, 7) is 0. The highest BCUT2D eigenvalue weighted by atomic mass is 35.5. The number of hydrogen-bond acceptors (Lipinski definition) is 3. The molecule has 0 unspecified atom stereocenters. The van der Waals surface area contributed by atoms with Crippen molar-refractivity contribution in [3.05, 3.63) is 29.4 Å². The van der Waals surface area contributed by atoms with E-state index in [-0.39, 0.29) is 0 Å². The van der Waals surface area contributed by atoms with Gasteiger partial charge in [-0.1, -0.05) is 11.6 Å². The number of rotatable bonds is 4. The van der Waals surface area contributed by atoms with Crippen LogP contribution in [0.2, 0.25) is 5.15 Å². The van der Waals surface area contributed by atoms with E-state index in [0.717, 1.165) is 6.08 Å². The van der Waals surface area contributed by atoms with Crippen LogP contribution < -0.4 is 0 Å². The molecule has 1 aromatic heterocycles. The third-order valence-corrected chi connectivity index (χ3v) is 2.43. The number of nitrogens with zero attached hydrogens (tertiary/aromatic N) is 2. The number of thioether (sulfide) groups is 1. The maximum atomic E-state index is 11.6. The Labute approximate surface area is 89.4 Å². The van der Waals surface area contributed by atoms with Gasteiger partial charge in [-0.2, -0.15) is 8.78 Å². The Kier molecular flexibility index (Phi) is 4.82. The fourth-order valence-corrected chi connectivity index (χ4v) is 1.52. The van der Waals surface area contributed by atoms with Gasteiger partial charge in [-0.25, -0.2) is 0 Å². The summed E-state index contributed by atoms with van der Waals surface area (Å²) in [6, 6.07) is 3.32. The van der Waals surface area contributed by atoms with E-state index in [1.165, 1.54) is 11.8 Å². The molecule has 0 aromatic carbocycles. The van der Waals surface area contributed by atoms with Crippen molar-refractivity contribution in [3.63, 3.8) is 0 Å². The minimum absolute atomic E-state index is 0.317. The van der Waals surface area contributed by atoms with Gasteiger partial charge >= 0.3 is 0 Å². The molecule has 1 heterocycles. The summed E-state index contributed by atoms with van der Waals surface area (Å²) in [5.41, 5.74) is 0. The smallest absolute Gasteiger partial charge is 0.174 e. The van der Waals surface area contributed by atoms with E-state index < -0.39 is 6.08 Å². The van der Waals surface area contributed by atoms with Crippen LogP contribution in [-0.4, -0.2) is 16.0 Å². The molecule has 0 aliphatic heterocycles. The summed E-state index contributed by atoms with van der Waals surface area (Å²) >= 11 is 6.88. The molecule has 0 radical (unpaired) electrons. The molecule has 76 valence electrons. The fourth-order valence-electron chi connectivity index (χ4n) is 0.712. The van der Waals surface area contributed by atoms with E-state index in [9.17, 15) is 8.78 Å². The average Bonchev–Trinajstić information content (AvgIpc) is 2.15. The first-order chi connectivity index (χ1) is 6.68. The Morgan fingerprint density at radius 2 is 2.21 bits per heavy atom. The molecule has 0 atom stereocenters. The molecule has 0 saturated heterocycles. The zero-order chi connectivity index (χ0) is 10.4. The molecule has 0 fully saturated rings. The molecule has 0 N–H and O–H groups in total. The van der Waals surface area contributed by atoms with Gasteiger partial charge in [-0.05, 0) is 24.6 Å². The molecular formula is C8H7ClF2N2S. The van der Waals surface area contributed by atoms with Crippen LogP contribution in [-0.2, 0) is 0 Å². The van der Waals surface area contributed by atoms with Crippen LogP contribution in [0.3, 0.4) is 0 Å². The van der Waals surface area contributed by atoms with Gasteiger partial charge in [0.05, 0.1) is 0 Å². The van der Waals surface area contributed by atoms with Gasteiger partial charge in [0.25, 0.3) is 6.08 Å². The standard InChI is InChI=1S/C8H7ClF2N2S/c9-6-3-4-8(13-12-6)14-5-1-2-7(10)11/h2-4H,1,5H2. The topological polar surface area (TPSA) is 25.8 Å². The third-order valence-electron chi connectivity index (χ3n) is 1.27. The lowest BCUT2D eigenvalue weighted by Gasteiger charge is -1.96. The van der Waals surface area contributed by atoms with Crippen molar-refractivity contribution in [1.29, 1.82) is 0 Å². The first-order valence-corrected chi connectivity index (χ1v) is 5.18. The summed E-state index contributed by atoms with van der Waals surface area (Å²) < 4.78 is 23.2. The van der Waals surface area contributed by atoms with Crippen molar-refractivity contribution < 1.29 is 8.78 Å².